The molecule has 0 aliphatic heterocycles. The summed E-state index contributed by atoms with van der Waals surface area (Å²) in [6.07, 6.45) is 3.36. The van der Waals surface area contributed by atoms with Crippen LogP contribution in [0, 0.1) is 6.92 Å². The van der Waals surface area contributed by atoms with Crippen molar-refractivity contribution < 1.29 is 0 Å². The van der Waals surface area contributed by atoms with Crippen molar-refractivity contribution in [1.82, 2.24) is 9.97 Å². The number of fused-ring (bicyclic) bond motifs is 1. The molecule has 0 spiro atoms. The third kappa shape index (κ3) is 2.13. The van der Waals surface area contributed by atoms with Gasteiger partial charge in [-0.05, 0) is 36.8 Å². The highest BCUT2D eigenvalue weighted by molar-refractivity contribution is 6.34. The van der Waals surface area contributed by atoms with Gasteiger partial charge < -0.3 is 5.73 Å². The van der Waals surface area contributed by atoms with Crippen LogP contribution in [0.1, 0.15) is 5.56 Å². The van der Waals surface area contributed by atoms with Gasteiger partial charge in [0.2, 0.25) is 0 Å². The molecule has 4 heteroatoms. The first-order chi connectivity index (χ1) is 9.15. The minimum absolute atomic E-state index is 0.562. The van der Waals surface area contributed by atoms with E-state index in [4.69, 9.17) is 17.3 Å². The van der Waals surface area contributed by atoms with E-state index in [0.717, 1.165) is 33.4 Å². The third-order valence-corrected chi connectivity index (χ3v) is 3.40. The van der Waals surface area contributed by atoms with Gasteiger partial charge >= 0.3 is 0 Å². The highest BCUT2D eigenvalue weighted by Crippen LogP contribution is 2.26. The summed E-state index contributed by atoms with van der Waals surface area (Å²) in [5.41, 5.74) is 10.3. The lowest BCUT2D eigenvalue weighted by Crippen LogP contribution is -1.91. The van der Waals surface area contributed by atoms with Gasteiger partial charge in [-0.15, -0.1) is 0 Å². The van der Waals surface area contributed by atoms with Crippen LogP contribution in [-0.4, -0.2) is 9.97 Å². The van der Waals surface area contributed by atoms with Crippen LogP contribution < -0.4 is 5.73 Å². The number of hydrogen-bond acceptors (Lipinski definition) is 3. The molecule has 0 aliphatic carbocycles. The first-order valence-corrected chi connectivity index (χ1v) is 6.30. The largest absolute Gasteiger partial charge is 0.399 e. The van der Waals surface area contributed by atoms with Crippen LogP contribution in [0.3, 0.4) is 0 Å². The molecule has 3 rings (SSSR count). The lowest BCUT2D eigenvalue weighted by Gasteiger charge is -2.06. The van der Waals surface area contributed by atoms with Crippen LogP contribution in [0.25, 0.3) is 22.2 Å². The van der Waals surface area contributed by atoms with Crippen molar-refractivity contribution >= 4 is 28.2 Å². The summed E-state index contributed by atoms with van der Waals surface area (Å²) in [6.45, 7) is 1.98. The standard InChI is InChI=1S/C15H12ClN3/c1-9-6-10(2-4-13(9)17)14-5-3-11-7-18-8-12(16)15(11)19-14/h2-8H,17H2,1H3. The Morgan fingerprint density at radius 1 is 1.11 bits per heavy atom. The fourth-order valence-corrected chi connectivity index (χ4v) is 2.21. The van der Waals surface area contributed by atoms with E-state index in [1.807, 2.05) is 37.3 Å². The number of pyridine rings is 2. The molecule has 0 atom stereocenters. The van der Waals surface area contributed by atoms with Crippen molar-refractivity contribution in [2.75, 3.05) is 5.73 Å². The topological polar surface area (TPSA) is 51.8 Å². The zero-order valence-corrected chi connectivity index (χ0v) is 11.1. The smallest absolute Gasteiger partial charge is 0.0926 e. The molecule has 2 aromatic heterocycles. The molecular formula is C15H12ClN3. The lowest BCUT2D eigenvalue weighted by molar-refractivity contribution is 1.32. The van der Waals surface area contributed by atoms with Gasteiger partial charge in [0.1, 0.15) is 0 Å². The Hall–Kier alpha value is -2.13. The summed E-state index contributed by atoms with van der Waals surface area (Å²) >= 11 is 6.13. The first-order valence-electron chi connectivity index (χ1n) is 5.92. The zero-order chi connectivity index (χ0) is 13.4. The molecular weight excluding hydrogens is 258 g/mol. The molecule has 3 nitrogen and oxygen atoms in total. The fraction of sp³-hybridized carbons (Fsp3) is 0.0667. The molecule has 0 bridgehead atoms. The van der Waals surface area contributed by atoms with Crippen molar-refractivity contribution in [3.05, 3.63) is 53.3 Å². The third-order valence-electron chi connectivity index (χ3n) is 3.12. The highest BCUT2D eigenvalue weighted by Gasteiger charge is 2.05. The van der Waals surface area contributed by atoms with Crippen LogP contribution in [0.4, 0.5) is 5.69 Å². The monoisotopic (exact) mass is 269 g/mol. The summed E-state index contributed by atoms with van der Waals surface area (Å²) in [6, 6.07) is 9.82. The normalized spacial score (nSPS) is 10.8. The highest BCUT2D eigenvalue weighted by atomic mass is 35.5. The lowest BCUT2D eigenvalue weighted by atomic mass is 10.1. The molecule has 0 aliphatic rings. The Morgan fingerprint density at radius 3 is 2.74 bits per heavy atom. The number of aromatic nitrogens is 2. The number of aryl methyl sites for hydroxylation is 1. The molecule has 0 unspecified atom stereocenters. The van der Waals surface area contributed by atoms with Gasteiger partial charge in [0.05, 0.1) is 16.2 Å². The number of hydrogen-bond donors (Lipinski definition) is 1. The van der Waals surface area contributed by atoms with Gasteiger partial charge in [0, 0.05) is 29.0 Å². The van der Waals surface area contributed by atoms with Crippen LogP contribution in [0.2, 0.25) is 5.02 Å². The van der Waals surface area contributed by atoms with E-state index in [1.165, 1.54) is 0 Å². The number of rotatable bonds is 1. The Labute approximate surface area is 116 Å². The number of nitrogen functional groups attached to an aromatic ring is 1. The summed E-state index contributed by atoms with van der Waals surface area (Å²) in [4.78, 5) is 8.66. The average molecular weight is 270 g/mol. The van der Waals surface area contributed by atoms with Crippen molar-refractivity contribution in [1.29, 1.82) is 0 Å². The van der Waals surface area contributed by atoms with Gasteiger partial charge in [0.15, 0.2) is 0 Å². The van der Waals surface area contributed by atoms with E-state index in [9.17, 15) is 0 Å². The van der Waals surface area contributed by atoms with Gasteiger partial charge in [-0.25, -0.2) is 4.98 Å². The molecule has 0 fully saturated rings. The average Bonchev–Trinajstić information content (AvgIpc) is 2.42. The van der Waals surface area contributed by atoms with Crippen LogP contribution in [0.5, 0.6) is 0 Å². The van der Waals surface area contributed by atoms with E-state index in [0.29, 0.717) is 5.02 Å². The first kappa shape index (κ1) is 11.9. The number of halogens is 1. The van der Waals surface area contributed by atoms with Gasteiger partial charge in [-0.1, -0.05) is 17.7 Å². The Balaban J connectivity index is 2.20. The number of benzene rings is 1. The molecule has 0 saturated heterocycles. The second kappa shape index (κ2) is 4.52. The van der Waals surface area contributed by atoms with Gasteiger partial charge in [-0.3, -0.25) is 4.98 Å². The van der Waals surface area contributed by atoms with Crippen molar-refractivity contribution in [3.63, 3.8) is 0 Å². The predicted octanol–water partition coefficient (Wildman–Crippen LogP) is 3.84. The van der Waals surface area contributed by atoms with E-state index >= 15 is 0 Å². The van der Waals surface area contributed by atoms with Gasteiger partial charge in [0.25, 0.3) is 0 Å². The minimum Gasteiger partial charge on any atom is -0.399 e. The second-order valence-corrected chi connectivity index (χ2v) is 4.87. The quantitative estimate of drug-likeness (QED) is 0.683. The predicted molar refractivity (Wildman–Crippen MR) is 79.1 cm³/mol. The van der Waals surface area contributed by atoms with Crippen molar-refractivity contribution in [2.24, 2.45) is 0 Å². The molecule has 19 heavy (non-hydrogen) atoms. The van der Waals surface area contributed by atoms with E-state index in [2.05, 4.69) is 9.97 Å². The molecule has 2 N–H and O–H groups in total. The Morgan fingerprint density at radius 2 is 1.95 bits per heavy atom. The Bertz CT molecular complexity index is 768. The van der Waals surface area contributed by atoms with Gasteiger partial charge in [-0.2, -0.15) is 0 Å². The molecule has 2 heterocycles. The molecule has 3 aromatic rings. The van der Waals surface area contributed by atoms with E-state index in [-0.39, 0.29) is 0 Å². The molecule has 0 saturated carbocycles. The molecule has 1 aromatic carbocycles. The van der Waals surface area contributed by atoms with Crippen molar-refractivity contribution in [3.8, 4) is 11.3 Å². The van der Waals surface area contributed by atoms with E-state index in [1.54, 1.807) is 12.4 Å². The minimum atomic E-state index is 0.562. The summed E-state index contributed by atoms with van der Waals surface area (Å²) < 4.78 is 0. The summed E-state index contributed by atoms with van der Waals surface area (Å²) in [5.74, 6) is 0. The maximum atomic E-state index is 6.13. The molecule has 94 valence electrons. The fourth-order valence-electron chi connectivity index (χ4n) is 2.01. The SMILES string of the molecule is Cc1cc(-c2ccc3cncc(Cl)c3n2)ccc1N. The zero-order valence-electron chi connectivity index (χ0n) is 10.4. The van der Waals surface area contributed by atoms with Crippen LogP contribution >= 0.6 is 11.6 Å². The number of anilines is 1. The molecule has 0 amide bonds. The number of nitrogens with zero attached hydrogens (tertiary/aromatic N) is 2. The second-order valence-electron chi connectivity index (χ2n) is 4.46. The maximum Gasteiger partial charge on any atom is 0.0926 e. The molecule has 0 radical (unpaired) electrons. The van der Waals surface area contributed by atoms with Crippen LogP contribution in [-0.2, 0) is 0 Å². The van der Waals surface area contributed by atoms with Crippen LogP contribution in [0.15, 0.2) is 42.7 Å². The summed E-state index contributed by atoms with van der Waals surface area (Å²) in [7, 11) is 0. The van der Waals surface area contributed by atoms with E-state index < -0.39 is 0 Å². The summed E-state index contributed by atoms with van der Waals surface area (Å²) in [5, 5.41) is 1.50. The Kier molecular flexibility index (Phi) is 2.84. The number of nitrogens with two attached hydrogens (primary N) is 1. The van der Waals surface area contributed by atoms with Crippen molar-refractivity contribution in [2.45, 2.75) is 6.92 Å². The maximum absolute atomic E-state index is 6.13.